The average Bonchev–Trinajstić information content (AvgIpc) is 2.92. The van der Waals surface area contributed by atoms with E-state index in [9.17, 15) is 18.3 Å². The Morgan fingerprint density at radius 1 is 1.40 bits per heavy atom. The lowest BCUT2D eigenvalue weighted by Crippen LogP contribution is -2.07. The van der Waals surface area contributed by atoms with Crippen LogP contribution in [0.3, 0.4) is 0 Å². The number of sulfone groups is 1. The van der Waals surface area contributed by atoms with Gasteiger partial charge in [0, 0.05) is 23.9 Å². The van der Waals surface area contributed by atoms with Gasteiger partial charge in [-0.05, 0) is 25.1 Å². The number of ether oxygens (including phenoxy) is 1. The molecule has 0 aliphatic carbocycles. The molecule has 134 valence electrons. The summed E-state index contributed by atoms with van der Waals surface area (Å²) >= 11 is 6.29. The number of carbonyl (C=O) groups is 1. The van der Waals surface area contributed by atoms with E-state index < -0.39 is 15.6 Å². The molecule has 0 fully saturated rings. The molecule has 0 spiro atoms. The first kappa shape index (κ1) is 19.0. The summed E-state index contributed by atoms with van der Waals surface area (Å²) in [4.78, 5) is 12.7. The Balaban J connectivity index is 2.65. The molecule has 1 heterocycles. The molecular weight excluding hydrogens is 368 g/mol. The maximum absolute atomic E-state index is 12.7. The molecule has 25 heavy (non-hydrogen) atoms. The molecule has 0 aliphatic heterocycles. The van der Waals surface area contributed by atoms with Gasteiger partial charge in [-0.3, -0.25) is 4.79 Å². The highest BCUT2D eigenvalue weighted by atomic mass is 35.5. The van der Waals surface area contributed by atoms with Gasteiger partial charge in [-0.2, -0.15) is 5.10 Å². The number of ketones is 1. The molecule has 0 saturated heterocycles. The average molecular weight is 385 g/mol. The first-order valence-electron chi connectivity index (χ1n) is 7.23. The van der Waals surface area contributed by atoms with Crippen molar-refractivity contribution < 1.29 is 23.1 Å². The summed E-state index contributed by atoms with van der Waals surface area (Å²) in [6, 6.07) is 2.61. The van der Waals surface area contributed by atoms with Crippen LogP contribution in [0.2, 0.25) is 5.02 Å². The molecule has 1 aromatic heterocycles. The zero-order chi connectivity index (χ0) is 18.8. The van der Waals surface area contributed by atoms with Gasteiger partial charge < -0.3 is 9.84 Å². The highest BCUT2D eigenvalue weighted by molar-refractivity contribution is 7.90. The van der Waals surface area contributed by atoms with Crippen molar-refractivity contribution in [3.05, 3.63) is 46.3 Å². The van der Waals surface area contributed by atoms with Crippen LogP contribution in [0, 0.1) is 0 Å². The van der Waals surface area contributed by atoms with Gasteiger partial charge in [0.15, 0.2) is 9.84 Å². The Labute approximate surface area is 150 Å². The smallest absolute Gasteiger partial charge is 0.220 e. The van der Waals surface area contributed by atoms with E-state index in [0.717, 1.165) is 6.26 Å². The van der Waals surface area contributed by atoms with Gasteiger partial charge in [-0.15, -0.1) is 0 Å². The number of carbonyl (C=O) groups excluding carboxylic acids is 1. The summed E-state index contributed by atoms with van der Waals surface area (Å²) < 4.78 is 30.0. The van der Waals surface area contributed by atoms with Crippen LogP contribution in [0.5, 0.6) is 5.88 Å². The minimum atomic E-state index is -3.57. The second-order valence-electron chi connectivity index (χ2n) is 5.18. The first-order chi connectivity index (χ1) is 11.7. The van der Waals surface area contributed by atoms with E-state index in [0.29, 0.717) is 6.54 Å². The summed E-state index contributed by atoms with van der Waals surface area (Å²) in [7, 11) is -2.17. The van der Waals surface area contributed by atoms with Crippen molar-refractivity contribution in [2.75, 3.05) is 13.4 Å². The van der Waals surface area contributed by atoms with Crippen LogP contribution in [0.25, 0.3) is 6.08 Å². The molecule has 7 nitrogen and oxygen atoms in total. The predicted octanol–water partition coefficient (Wildman–Crippen LogP) is 2.51. The highest BCUT2D eigenvalue weighted by Crippen LogP contribution is 2.32. The quantitative estimate of drug-likeness (QED) is 0.607. The first-order valence-corrected chi connectivity index (χ1v) is 9.50. The van der Waals surface area contributed by atoms with Crippen molar-refractivity contribution in [3.63, 3.8) is 0 Å². The zero-order valence-corrected chi connectivity index (χ0v) is 15.4. The van der Waals surface area contributed by atoms with E-state index in [1.165, 1.54) is 42.5 Å². The van der Waals surface area contributed by atoms with Crippen LogP contribution in [-0.4, -0.2) is 42.5 Å². The van der Waals surface area contributed by atoms with Gasteiger partial charge in [-0.25, -0.2) is 13.1 Å². The van der Waals surface area contributed by atoms with Gasteiger partial charge in [0.1, 0.15) is 5.56 Å². The van der Waals surface area contributed by atoms with Gasteiger partial charge >= 0.3 is 0 Å². The molecule has 0 saturated carbocycles. The van der Waals surface area contributed by atoms with E-state index in [1.807, 2.05) is 0 Å². The number of hydrogen-bond acceptors (Lipinski definition) is 6. The normalized spacial score (nSPS) is 11.8. The third-order valence-corrected chi connectivity index (χ3v) is 5.07. The minimum Gasteiger partial charge on any atom is -0.504 e. The Hall–Kier alpha value is -2.32. The predicted molar refractivity (Wildman–Crippen MR) is 93.6 cm³/mol. The second-order valence-corrected chi connectivity index (χ2v) is 7.54. The number of halogens is 1. The number of aromatic hydroxyl groups is 1. The van der Waals surface area contributed by atoms with E-state index in [4.69, 9.17) is 16.3 Å². The van der Waals surface area contributed by atoms with Gasteiger partial charge in [0.05, 0.1) is 29.5 Å². The number of aryl methyl sites for hydroxylation is 1. The van der Waals surface area contributed by atoms with Gasteiger partial charge in [0.25, 0.3) is 0 Å². The Morgan fingerprint density at radius 3 is 2.60 bits per heavy atom. The molecule has 1 N–H and O–H groups in total. The van der Waals surface area contributed by atoms with Crippen molar-refractivity contribution in [2.45, 2.75) is 18.4 Å². The fourth-order valence-corrected chi connectivity index (χ4v) is 3.54. The van der Waals surface area contributed by atoms with Crippen LogP contribution < -0.4 is 0 Å². The Morgan fingerprint density at radius 2 is 2.08 bits per heavy atom. The minimum absolute atomic E-state index is 0.0162. The summed E-state index contributed by atoms with van der Waals surface area (Å²) in [5, 5.41) is 13.9. The zero-order valence-electron chi connectivity index (χ0n) is 13.9. The van der Waals surface area contributed by atoms with Crippen LogP contribution >= 0.6 is 11.6 Å². The third kappa shape index (κ3) is 3.69. The fraction of sp³-hybridized carbons (Fsp3) is 0.250. The lowest BCUT2D eigenvalue weighted by Gasteiger charge is -2.10. The summed E-state index contributed by atoms with van der Waals surface area (Å²) in [6.45, 7) is 2.16. The summed E-state index contributed by atoms with van der Waals surface area (Å²) in [6.07, 6.45) is 4.91. The van der Waals surface area contributed by atoms with Crippen LogP contribution in [0.1, 0.15) is 28.4 Å². The highest BCUT2D eigenvalue weighted by Gasteiger charge is 2.24. The second kappa shape index (κ2) is 7.28. The van der Waals surface area contributed by atoms with Crippen molar-refractivity contribution in [1.29, 1.82) is 0 Å². The Bertz CT molecular complexity index is 948. The van der Waals surface area contributed by atoms with Crippen molar-refractivity contribution in [2.24, 2.45) is 0 Å². The maximum atomic E-state index is 12.7. The van der Waals surface area contributed by atoms with Crippen LogP contribution in [0.4, 0.5) is 0 Å². The van der Waals surface area contributed by atoms with Gasteiger partial charge in [0.2, 0.25) is 11.7 Å². The molecule has 2 aromatic rings. The van der Waals surface area contributed by atoms with Crippen molar-refractivity contribution in [3.8, 4) is 5.88 Å². The van der Waals surface area contributed by atoms with E-state index >= 15 is 0 Å². The number of methoxy groups -OCH3 is 1. The van der Waals surface area contributed by atoms with Crippen molar-refractivity contribution in [1.82, 2.24) is 9.78 Å². The van der Waals surface area contributed by atoms with E-state index in [1.54, 1.807) is 6.92 Å². The molecule has 0 aliphatic rings. The number of nitrogens with zero attached hydrogens (tertiary/aromatic N) is 2. The SMILES string of the molecule is CCn1ncc(C(=O)c2ccc(S(C)(=O)=O)c(C=COC)c2Cl)c1O. The summed E-state index contributed by atoms with van der Waals surface area (Å²) in [5.41, 5.74) is 0.174. The Kier molecular flexibility index (Phi) is 5.54. The molecule has 0 radical (unpaired) electrons. The van der Waals surface area contributed by atoms with Gasteiger partial charge in [-0.1, -0.05) is 11.6 Å². The molecule has 0 bridgehead atoms. The largest absolute Gasteiger partial charge is 0.504 e. The number of aromatic nitrogens is 2. The lowest BCUT2D eigenvalue weighted by atomic mass is 10.0. The standard InChI is InChI=1S/C16H17ClN2O5S/c1-4-19-16(21)12(9-18-19)15(20)11-5-6-13(25(3,22)23)10(14(11)17)7-8-24-2/h5-9,21H,4H2,1-3H3. The third-order valence-electron chi connectivity index (χ3n) is 3.51. The molecule has 0 atom stereocenters. The topological polar surface area (TPSA) is 98.5 Å². The van der Waals surface area contributed by atoms with Crippen molar-refractivity contribution >= 4 is 33.3 Å². The van der Waals surface area contributed by atoms with Crippen LogP contribution in [0.15, 0.2) is 29.5 Å². The fourth-order valence-electron chi connectivity index (χ4n) is 2.28. The maximum Gasteiger partial charge on any atom is 0.220 e. The monoisotopic (exact) mass is 384 g/mol. The number of benzene rings is 1. The molecule has 0 unspecified atom stereocenters. The molecule has 2 rings (SSSR count). The van der Waals surface area contributed by atoms with E-state index in [-0.39, 0.29) is 32.5 Å². The molecule has 0 amide bonds. The summed E-state index contributed by atoms with van der Waals surface area (Å²) in [5.74, 6) is -0.834. The molecule has 9 heteroatoms. The van der Waals surface area contributed by atoms with E-state index in [2.05, 4.69) is 5.10 Å². The molecular formula is C16H17ClN2O5S. The number of hydrogen-bond donors (Lipinski definition) is 1. The van der Waals surface area contributed by atoms with Crippen LogP contribution in [-0.2, 0) is 21.1 Å². The number of rotatable bonds is 6. The lowest BCUT2D eigenvalue weighted by molar-refractivity contribution is 0.103. The molecule has 1 aromatic carbocycles.